The number of anilines is 1. The number of carbonyl (C=O) groups is 1. The molecule has 1 N–H and O–H groups in total. The molecule has 2 aromatic heterocycles. The number of pyridine rings is 2. The summed E-state index contributed by atoms with van der Waals surface area (Å²) in [6, 6.07) is 7.54. The van der Waals surface area contributed by atoms with E-state index in [2.05, 4.69) is 26.3 Å². The molecular weight excluding hydrogens is 276 g/mol. The van der Waals surface area contributed by atoms with Gasteiger partial charge in [0, 0.05) is 43.8 Å². The third-order valence-electron chi connectivity index (χ3n) is 4.12. The van der Waals surface area contributed by atoms with Crippen molar-refractivity contribution >= 4 is 11.6 Å². The van der Waals surface area contributed by atoms with Gasteiger partial charge < -0.3 is 10.2 Å². The Morgan fingerprint density at radius 1 is 1.14 bits per heavy atom. The Morgan fingerprint density at radius 2 is 1.91 bits per heavy atom. The lowest BCUT2D eigenvalue weighted by molar-refractivity contribution is 0.0945. The van der Waals surface area contributed by atoms with Gasteiger partial charge in [-0.05, 0) is 43.0 Å². The molecule has 5 nitrogen and oxygen atoms in total. The lowest BCUT2D eigenvalue weighted by Gasteiger charge is -2.33. The van der Waals surface area contributed by atoms with Crippen molar-refractivity contribution in [2.45, 2.75) is 12.8 Å². The highest BCUT2D eigenvalue weighted by atomic mass is 16.1. The minimum Gasteiger partial charge on any atom is -0.370 e. The zero-order chi connectivity index (χ0) is 15.2. The number of rotatable bonds is 4. The van der Waals surface area contributed by atoms with Gasteiger partial charge in [-0.1, -0.05) is 0 Å². The molecule has 0 saturated carbocycles. The van der Waals surface area contributed by atoms with E-state index in [0.717, 1.165) is 32.5 Å². The number of carbonyl (C=O) groups excluding carboxylic acids is 1. The van der Waals surface area contributed by atoms with Gasteiger partial charge in [0.15, 0.2) is 0 Å². The van der Waals surface area contributed by atoms with Crippen molar-refractivity contribution in [3.8, 4) is 0 Å². The number of amides is 1. The summed E-state index contributed by atoms with van der Waals surface area (Å²) in [7, 11) is 0. The first-order chi connectivity index (χ1) is 10.8. The number of hydrogen-bond donors (Lipinski definition) is 1. The smallest absolute Gasteiger partial charge is 0.251 e. The predicted molar refractivity (Wildman–Crippen MR) is 85.7 cm³/mol. The molecule has 3 heterocycles. The van der Waals surface area contributed by atoms with Crippen LogP contribution in [-0.2, 0) is 0 Å². The van der Waals surface area contributed by atoms with Crippen LogP contribution in [0.2, 0.25) is 0 Å². The standard InChI is InChI=1S/C17H20N4O/c22-17(15-3-8-18-9-4-15)20-12-14-5-10-21(11-6-14)16-2-1-7-19-13-16/h1-4,7-9,13-14H,5-6,10-12H2,(H,20,22). The van der Waals surface area contributed by atoms with Gasteiger partial charge in [-0.25, -0.2) is 0 Å². The minimum atomic E-state index is -0.0166. The maximum atomic E-state index is 12.0. The molecule has 3 rings (SSSR count). The fraction of sp³-hybridized carbons (Fsp3) is 0.353. The lowest BCUT2D eigenvalue weighted by atomic mass is 9.96. The Hall–Kier alpha value is -2.43. The maximum Gasteiger partial charge on any atom is 0.251 e. The normalized spacial score (nSPS) is 15.5. The van der Waals surface area contributed by atoms with Crippen LogP contribution in [0, 0.1) is 5.92 Å². The molecule has 1 aliphatic rings. The van der Waals surface area contributed by atoms with Crippen molar-refractivity contribution in [1.82, 2.24) is 15.3 Å². The fourth-order valence-corrected chi connectivity index (χ4v) is 2.78. The average molecular weight is 296 g/mol. The van der Waals surface area contributed by atoms with E-state index >= 15 is 0 Å². The van der Waals surface area contributed by atoms with Crippen molar-refractivity contribution in [3.05, 3.63) is 54.6 Å². The van der Waals surface area contributed by atoms with E-state index in [1.54, 1.807) is 30.7 Å². The number of hydrogen-bond acceptors (Lipinski definition) is 4. The molecule has 1 fully saturated rings. The van der Waals surface area contributed by atoms with Crippen molar-refractivity contribution < 1.29 is 4.79 Å². The molecule has 22 heavy (non-hydrogen) atoms. The van der Waals surface area contributed by atoms with Crippen LogP contribution in [0.3, 0.4) is 0 Å². The number of piperidine rings is 1. The summed E-state index contributed by atoms with van der Waals surface area (Å²) in [6.07, 6.45) is 9.16. The molecule has 0 atom stereocenters. The Morgan fingerprint density at radius 3 is 2.59 bits per heavy atom. The number of aromatic nitrogens is 2. The third kappa shape index (κ3) is 3.61. The highest BCUT2D eigenvalue weighted by molar-refractivity contribution is 5.93. The summed E-state index contributed by atoms with van der Waals surface area (Å²) in [5.41, 5.74) is 1.85. The summed E-state index contributed by atoms with van der Waals surface area (Å²) in [4.78, 5) is 22.5. The summed E-state index contributed by atoms with van der Waals surface area (Å²) < 4.78 is 0. The van der Waals surface area contributed by atoms with Crippen LogP contribution < -0.4 is 10.2 Å². The summed E-state index contributed by atoms with van der Waals surface area (Å²) in [6.45, 7) is 2.77. The molecule has 0 bridgehead atoms. The van der Waals surface area contributed by atoms with Crippen LogP contribution in [0.15, 0.2) is 49.1 Å². The second-order valence-corrected chi connectivity index (χ2v) is 5.59. The second kappa shape index (κ2) is 7.02. The molecule has 0 aliphatic carbocycles. The Bertz CT molecular complexity index is 595. The molecule has 1 saturated heterocycles. The molecule has 0 radical (unpaired) electrons. The Kier molecular flexibility index (Phi) is 4.63. The van der Waals surface area contributed by atoms with Gasteiger partial charge in [-0.15, -0.1) is 0 Å². The van der Waals surface area contributed by atoms with Gasteiger partial charge in [0.05, 0.1) is 11.9 Å². The number of nitrogens with one attached hydrogen (secondary N) is 1. The van der Waals surface area contributed by atoms with Gasteiger partial charge in [-0.3, -0.25) is 14.8 Å². The van der Waals surface area contributed by atoms with Crippen LogP contribution in [0.5, 0.6) is 0 Å². The van der Waals surface area contributed by atoms with Gasteiger partial charge in [0.1, 0.15) is 0 Å². The van der Waals surface area contributed by atoms with Gasteiger partial charge in [0.2, 0.25) is 0 Å². The topological polar surface area (TPSA) is 58.1 Å². The predicted octanol–water partition coefficient (Wildman–Crippen LogP) is 2.12. The molecule has 5 heteroatoms. The van der Waals surface area contributed by atoms with E-state index in [0.29, 0.717) is 11.5 Å². The van der Waals surface area contributed by atoms with Crippen LogP contribution in [0.1, 0.15) is 23.2 Å². The highest BCUT2D eigenvalue weighted by Gasteiger charge is 2.20. The van der Waals surface area contributed by atoms with Gasteiger partial charge in [-0.2, -0.15) is 0 Å². The first-order valence-corrected chi connectivity index (χ1v) is 7.66. The fourth-order valence-electron chi connectivity index (χ4n) is 2.78. The highest BCUT2D eigenvalue weighted by Crippen LogP contribution is 2.22. The maximum absolute atomic E-state index is 12.0. The zero-order valence-corrected chi connectivity index (χ0v) is 12.5. The lowest BCUT2D eigenvalue weighted by Crippen LogP contribution is -2.38. The molecule has 114 valence electrons. The van der Waals surface area contributed by atoms with E-state index < -0.39 is 0 Å². The van der Waals surface area contributed by atoms with Gasteiger partial charge in [0.25, 0.3) is 5.91 Å². The zero-order valence-electron chi connectivity index (χ0n) is 12.5. The number of nitrogens with zero attached hydrogens (tertiary/aromatic N) is 3. The Balaban J connectivity index is 1.45. The van der Waals surface area contributed by atoms with Crippen molar-refractivity contribution in [1.29, 1.82) is 0 Å². The summed E-state index contributed by atoms with van der Waals surface area (Å²) in [5, 5.41) is 3.03. The van der Waals surface area contributed by atoms with Gasteiger partial charge >= 0.3 is 0 Å². The van der Waals surface area contributed by atoms with Crippen LogP contribution in [-0.4, -0.2) is 35.5 Å². The molecule has 0 spiro atoms. The monoisotopic (exact) mass is 296 g/mol. The van der Waals surface area contributed by atoms with Crippen molar-refractivity contribution in [3.63, 3.8) is 0 Å². The minimum absolute atomic E-state index is 0.0166. The first-order valence-electron chi connectivity index (χ1n) is 7.66. The van der Waals surface area contributed by atoms with Crippen LogP contribution in [0.25, 0.3) is 0 Å². The average Bonchev–Trinajstić information content (AvgIpc) is 2.61. The van der Waals surface area contributed by atoms with E-state index in [1.807, 2.05) is 12.3 Å². The van der Waals surface area contributed by atoms with E-state index in [4.69, 9.17) is 0 Å². The molecule has 2 aromatic rings. The SMILES string of the molecule is O=C(NCC1CCN(c2cccnc2)CC1)c1ccncc1. The third-order valence-corrected chi connectivity index (χ3v) is 4.12. The molecule has 1 amide bonds. The largest absolute Gasteiger partial charge is 0.370 e. The quantitative estimate of drug-likeness (QED) is 0.939. The molecule has 0 aromatic carbocycles. The van der Waals surface area contributed by atoms with E-state index in [9.17, 15) is 4.79 Å². The Labute approximate surface area is 130 Å². The molecule has 0 unspecified atom stereocenters. The molecule has 1 aliphatic heterocycles. The second-order valence-electron chi connectivity index (χ2n) is 5.59. The van der Waals surface area contributed by atoms with E-state index in [-0.39, 0.29) is 5.91 Å². The first kappa shape index (κ1) is 14.5. The summed E-state index contributed by atoms with van der Waals surface area (Å²) >= 11 is 0. The van der Waals surface area contributed by atoms with Crippen LogP contribution >= 0.6 is 0 Å². The van der Waals surface area contributed by atoms with Crippen molar-refractivity contribution in [2.24, 2.45) is 5.92 Å². The van der Waals surface area contributed by atoms with Crippen molar-refractivity contribution in [2.75, 3.05) is 24.5 Å². The summed E-state index contributed by atoms with van der Waals surface area (Å²) in [5.74, 6) is 0.524. The molecular formula is C17H20N4O. The van der Waals surface area contributed by atoms with E-state index in [1.165, 1.54) is 5.69 Å². The van der Waals surface area contributed by atoms with Crippen LogP contribution in [0.4, 0.5) is 5.69 Å².